The number of rotatable bonds is 6. The third-order valence-electron chi connectivity index (χ3n) is 2.07. The van der Waals surface area contributed by atoms with Gasteiger partial charge in [0.05, 0.1) is 11.9 Å². The van der Waals surface area contributed by atoms with Gasteiger partial charge in [0.25, 0.3) is 0 Å². The number of hydrogen-bond acceptors (Lipinski definition) is 3. The Morgan fingerprint density at radius 2 is 2.29 bits per heavy atom. The molecule has 0 aliphatic rings. The van der Waals surface area contributed by atoms with Crippen LogP contribution in [-0.2, 0) is 4.79 Å². The molecule has 2 N–H and O–H groups in total. The van der Waals surface area contributed by atoms with Gasteiger partial charge in [-0.25, -0.2) is 4.98 Å². The molecule has 0 saturated heterocycles. The Kier molecular flexibility index (Phi) is 5.20. The summed E-state index contributed by atoms with van der Waals surface area (Å²) in [6, 6.07) is 3.66. The molecule has 0 atom stereocenters. The first-order valence-corrected chi connectivity index (χ1v) is 5.72. The first-order chi connectivity index (χ1) is 8.11. The fourth-order valence-corrected chi connectivity index (χ4v) is 1.33. The van der Waals surface area contributed by atoms with E-state index in [1.165, 1.54) is 0 Å². The number of carbonyl (C=O) groups is 1. The van der Waals surface area contributed by atoms with Crippen molar-refractivity contribution in [1.82, 2.24) is 4.98 Å². The van der Waals surface area contributed by atoms with E-state index in [1.54, 1.807) is 12.3 Å². The second-order valence-corrected chi connectivity index (χ2v) is 4.25. The van der Waals surface area contributed by atoms with Crippen LogP contribution < -0.4 is 10.6 Å². The molecule has 0 aliphatic heterocycles. The highest BCUT2D eigenvalue weighted by Gasteiger charge is 2.05. The zero-order valence-corrected chi connectivity index (χ0v) is 10.4. The minimum absolute atomic E-state index is 0.0219. The van der Waals surface area contributed by atoms with Crippen molar-refractivity contribution in [3.05, 3.63) is 31.0 Å². The van der Waals surface area contributed by atoms with Crippen LogP contribution in [0.4, 0.5) is 11.5 Å². The van der Waals surface area contributed by atoms with Gasteiger partial charge in [-0.2, -0.15) is 0 Å². The normalized spacial score (nSPS) is 10.1. The van der Waals surface area contributed by atoms with E-state index in [2.05, 4.69) is 22.2 Å². The Hall–Kier alpha value is -1.84. The SMILES string of the molecule is C=CCNc1ccc(NC(=O)CC(C)C)cn1. The van der Waals surface area contributed by atoms with E-state index in [4.69, 9.17) is 0 Å². The topological polar surface area (TPSA) is 54.0 Å². The van der Waals surface area contributed by atoms with E-state index in [0.717, 1.165) is 11.5 Å². The molecule has 0 fully saturated rings. The quantitative estimate of drug-likeness (QED) is 0.743. The van der Waals surface area contributed by atoms with Crippen molar-refractivity contribution in [2.45, 2.75) is 20.3 Å². The summed E-state index contributed by atoms with van der Waals surface area (Å²) in [4.78, 5) is 15.7. The average Bonchev–Trinajstić information content (AvgIpc) is 2.27. The number of hydrogen-bond donors (Lipinski definition) is 2. The molecule has 4 nitrogen and oxygen atoms in total. The average molecular weight is 233 g/mol. The first kappa shape index (κ1) is 13.2. The second-order valence-electron chi connectivity index (χ2n) is 4.25. The lowest BCUT2D eigenvalue weighted by molar-refractivity contribution is -0.116. The summed E-state index contributed by atoms with van der Waals surface area (Å²) in [5.41, 5.74) is 0.722. The number of aromatic nitrogens is 1. The fraction of sp³-hybridized carbons (Fsp3) is 0.385. The van der Waals surface area contributed by atoms with E-state index >= 15 is 0 Å². The lowest BCUT2D eigenvalue weighted by Gasteiger charge is -2.07. The monoisotopic (exact) mass is 233 g/mol. The number of amides is 1. The van der Waals surface area contributed by atoms with Crippen molar-refractivity contribution in [1.29, 1.82) is 0 Å². The second kappa shape index (κ2) is 6.68. The molecule has 0 bridgehead atoms. The predicted octanol–water partition coefficient (Wildman–Crippen LogP) is 2.66. The van der Waals surface area contributed by atoms with Gasteiger partial charge in [-0.1, -0.05) is 19.9 Å². The minimum atomic E-state index is 0.0219. The summed E-state index contributed by atoms with van der Waals surface area (Å²) in [5.74, 6) is 1.15. The van der Waals surface area contributed by atoms with Gasteiger partial charge < -0.3 is 10.6 Å². The predicted molar refractivity (Wildman–Crippen MR) is 71.0 cm³/mol. The Balaban J connectivity index is 2.50. The maximum atomic E-state index is 11.5. The number of carbonyl (C=O) groups excluding carboxylic acids is 1. The Labute approximate surface area is 102 Å². The van der Waals surface area contributed by atoms with Gasteiger partial charge in [0, 0.05) is 13.0 Å². The molecule has 1 aromatic heterocycles. The molecule has 17 heavy (non-hydrogen) atoms. The van der Waals surface area contributed by atoms with Crippen molar-refractivity contribution in [2.75, 3.05) is 17.2 Å². The summed E-state index contributed by atoms with van der Waals surface area (Å²) in [7, 11) is 0. The number of nitrogens with zero attached hydrogens (tertiary/aromatic N) is 1. The summed E-state index contributed by atoms with van der Waals surface area (Å²) in [6.45, 7) is 8.31. The molecule has 0 spiro atoms. The van der Waals surface area contributed by atoms with Crippen molar-refractivity contribution < 1.29 is 4.79 Å². The maximum Gasteiger partial charge on any atom is 0.224 e. The lowest BCUT2D eigenvalue weighted by Crippen LogP contribution is -2.14. The van der Waals surface area contributed by atoms with Crippen LogP contribution in [0.2, 0.25) is 0 Å². The summed E-state index contributed by atoms with van der Waals surface area (Å²) < 4.78 is 0. The van der Waals surface area contributed by atoms with E-state index < -0.39 is 0 Å². The van der Waals surface area contributed by atoms with Crippen LogP contribution in [0.3, 0.4) is 0 Å². The molecular weight excluding hydrogens is 214 g/mol. The molecule has 0 aliphatic carbocycles. The molecule has 0 saturated carbocycles. The van der Waals surface area contributed by atoms with E-state index in [1.807, 2.05) is 26.0 Å². The highest BCUT2D eigenvalue weighted by atomic mass is 16.1. The Morgan fingerprint density at radius 1 is 1.53 bits per heavy atom. The first-order valence-electron chi connectivity index (χ1n) is 5.72. The van der Waals surface area contributed by atoms with E-state index in [-0.39, 0.29) is 5.91 Å². The number of pyridine rings is 1. The molecule has 1 heterocycles. The van der Waals surface area contributed by atoms with Gasteiger partial charge in [-0.15, -0.1) is 6.58 Å². The van der Waals surface area contributed by atoms with Crippen LogP contribution in [0.5, 0.6) is 0 Å². The molecule has 4 heteroatoms. The third-order valence-corrected chi connectivity index (χ3v) is 2.07. The Bertz CT molecular complexity index is 371. The van der Waals surface area contributed by atoms with Crippen LogP contribution in [0, 0.1) is 5.92 Å². The molecule has 1 rings (SSSR count). The summed E-state index contributed by atoms with van der Waals surface area (Å²) in [6.07, 6.45) is 3.93. The lowest BCUT2D eigenvalue weighted by atomic mass is 10.1. The summed E-state index contributed by atoms with van der Waals surface area (Å²) >= 11 is 0. The van der Waals surface area contributed by atoms with Gasteiger partial charge in [0.2, 0.25) is 5.91 Å². The van der Waals surface area contributed by atoms with Crippen LogP contribution >= 0.6 is 0 Å². The van der Waals surface area contributed by atoms with Gasteiger partial charge >= 0.3 is 0 Å². The van der Waals surface area contributed by atoms with Gasteiger partial charge in [0.15, 0.2) is 0 Å². The van der Waals surface area contributed by atoms with E-state index in [0.29, 0.717) is 18.9 Å². The zero-order valence-electron chi connectivity index (χ0n) is 10.4. The van der Waals surface area contributed by atoms with Crippen molar-refractivity contribution in [3.63, 3.8) is 0 Å². The number of anilines is 2. The molecular formula is C13H19N3O. The molecule has 1 amide bonds. The van der Waals surface area contributed by atoms with Gasteiger partial charge in [0.1, 0.15) is 5.82 Å². The molecule has 0 radical (unpaired) electrons. The van der Waals surface area contributed by atoms with Crippen LogP contribution in [0.15, 0.2) is 31.0 Å². The van der Waals surface area contributed by atoms with Gasteiger partial charge in [-0.05, 0) is 18.1 Å². The molecule has 0 unspecified atom stereocenters. The van der Waals surface area contributed by atoms with Crippen molar-refractivity contribution in [2.24, 2.45) is 5.92 Å². The molecule has 0 aromatic carbocycles. The Morgan fingerprint density at radius 3 is 2.82 bits per heavy atom. The zero-order chi connectivity index (χ0) is 12.7. The van der Waals surface area contributed by atoms with Crippen molar-refractivity contribution in [3.8, 4) is 0 Å². The molecule has 92 valence electrons. The largest absolute Gasteiger partial charge is 0.367 e. The number of nitrogens with one attached hydrogen (secondary N) is 2. The minimum Gasteiger partial charge on any atom is -0.367 e. The fourth-order valence-electron chi connectivity index (χ4n) is 1.33. The third kappa shape index (κ3) is 5.15. The summed E-state index contributed by atoms with van der Waals surface area (Å²) in [5, 5.41) is 5.87. The van der Waals surface area contributed by atoms with Gasteiger partial charge in [-0.3, -0.25) is 4.79 Å². The molecule has 1 aromatic rings. The smallest absolute Gasteiger partial charge is 0.224 e. The highest BCUT2D eigenvalue weighted by molar-refractivity contribution is 5.90. The standard InChI is InChI=1S/C13H19N3O/c1-4-7-14-12-6-5-11(9-15-12)16-13(17)8-10(2)3/h4-6,9-10H,1,7-8H2,2-3H3,(H,14,15)(H,16,17). The highest BCUT2D eigenvalue weighted by Crippen LogP contribution is 2.10. The van der Waals surface area contributed by atoms with Crippen LogP contribution in [0.1, 0.15) is 20.3 Å². The maximum absolute atomic E-state index is 11.5. The van der Waals surface area contributed by atoms with Crippen LogP contribution in [-0.4, -0.2) is 17.4 Å². The van der Waals surface area contributed by atoms with Crippen molar-refractivity contribution >= 4 is 17.4 Å². The van der Waals surface area contributed by atoms with Crippen LogP contribution in [0.25, 0.3) is 0 Å². The van der Waals surface area contributed by atoms with E-state index in [9.17, 15) is 4.79 Å².